The highest BCUT2D eigenvalue weighted by Gasteiger charge is 2.22. The summed E-state index contributed by atoms with van der Waals surface area (Å²) in [5.41, 5.74) is 13.6. The van der Waals surface area contributed by atoms with Crippen LogP contribution in [-0.4, -0.2) is 9.13 Å². The molecule has 3 aromatic heterocycles. The van der Waals surface area contributed by atoms with Gasteiger partial charge in [0.2, 0.25) is 0 Å². The molecule has 51 heavy (non-hydrogen) atoms. The lowest BCUT2D eigenvalue weighted by atomic mass is 9.99. The SMILES string of the molecule is c1ccc(-c2cccc(-c3cccc(-n4c5ccccc5c5c6c7ccccc7n(-c7cccc8oc9ccccc9c78)c6ccc54)c3)c2)cc1. The maximum Gasteiger partial charge on any atom is 0.137 e. The largest absolute Gasteiger partial charge is 0.456 e. The Morgan fingerprint density at radius 2 is 0.843 bits per heavy atom. The van der Waals surface area contributed by atoms with Gasteiger partial charge in [-0.2, -0.15) is 0 Å². The van der Waals surface area contributed by atoms with Crippen LogP contribution in [0.3, 0.4) is 0 Å². The van der Waals surface area contributed by atoms with Gasteiger partial charge in [0.05, 0.1) is 33.1 Å². The fourth-order valence-corrected chi connectivity index (χ4v) is 8.33. The summed E-state index contributed by atoms with van der Waals surface area (Å²) in [6.07, 6.45) is 0. The number of rotatable bonds is 4. The minimum atomic E-state index is 0.895. The van der Waals surface area contributed by atoms with Gasteiger partial charge in [-0.05, 0) is 82.9 Å². The Hall–Kier alpha value is -6.84. The second kappa shape index (κ2) is 10.8. The van der Waals surface area contributed by atoms with E-state index in [0.29, 0.717) is 0 Å². The van der Waals surface area contributed by atoms with Crippen LogP contribution in [-0.2, 0) is 0 Å². The summed E-state index contributed by atoms with van der Waals surface area (Å²) in [4.78, 5) is 0. The summed E-state index contributed by atoms with van der Waals surface area (Å²) in [5.74, 6) is 0. The zero-order valence-electron chi connectivity index (χ0n) is 27.6. The van der Waals surface area contributed by atoms with Crippen LogP contribution in [0.15, 0.2) is 186 Å². The minimum Gasteiger partial charge on any atom is -0.456 e. The van der Waals surface area contributed by atoms with E-state index >= 15 is 0 Å². The molecule has 0 spiro atoms. The molecule has 11 rings (SSSR count). The van der Waals surface area contributed by atoms with Crippen molar-refractivity contribution in [2.45, 2.75) is 0 Å². The van der Waals surface area contributed by atoms with E-state index in [4.69, 9.17) is 4.42 Å². The van der Waals surface area contributed by atoms with Gasteiger partial charge in [0.15, 0.2) is 0 Å². The van der Waals surface area contributed by atoms with E-state index in [2.05, 4.69) is 185 Å². The van der Waals surface area contributed by atoms with Crippen LogP contribution in [0.4, 0.5) is 0 Å². The zero-order valence-corrected chi connectivity index (χ0v) is 27.6. The van der Waals surface area contributed by atoms with Crippen molar-refractivity contribution >= 4 is 65.6 Å². The van der Waals surface area contributed by atoms with Crippen molar-refractivity contribution in [2.75, 3.05) is 0 Å². The third kappa shape index (κ3) is 4.12. The number of hydrogen-bond donors (Lipinski definition) is 0. The zero-order chi connectivity index (χ0) is 33.5. The van der Waals surface area contributed by atoms with Crippen LogP contribution in [0.2, 0.25) is 0 Å². The first-order valence-corrected chi connectivity index (χ1v) is 17.4. The van der Waals surface area contributed by atoms with Crippen molar-refractivity contribution in [3.05, 3.63) is 182 Å². The average molecular weight is 651 g/mol. The second-order valence-electron chi connectivity index (χ2n) is 13.3. The summed E-state index contributed by atoms with van der Waals surface area (Å²) < 4.78 is 11.2. The van der Waals surface area contributed by atoms with Crippen molar-refractivity contribution in [1.82, 2.24) is 9.13 Å². The Kier molecular flexibility index (Phi) is 5.96. The van der Waals surface area contributed by atoms with E-state index in [9.17, 15) is 0 Å². The van der Waals surface area contributed by atoms with Gasteiger partial charge in [-0.15, -0.1) is 0 Å². The van der Waals surface area contributed by atoms with E-state index in [1.165, 1.54) is 65.9 Å². The monoisotopic (exact) mass is 650 g/mol. The van der Waals surface area contributed by atoms with Gasteiger partial charge >= 0.3 is 0 Å². The Morgan fingerprint density at radius 3 is 1.61 bits per heavy atom. The molecule has 238 valence electrons. The molecule has 3 nitrogen and oxygen atoms in total. The van der Waals surface area contributed by atoms with E-state index in [0.717, 1.165) is 33.3 Å². The lowest BCUT2D eigenvalue weighted by Crippen LogP contribution is -1.95. The molecule has 8 aromatic carbocycles. The minimum absolute atomic E-state index is 0.895. The van der Waals surface area contributed by atoms with Crippen molar-refractivity contribution in [3.63, 3.8) is 0 Å². The van der Waals surface area contributed by atoms with Crippen LogP contribution in [0, 0.1) is 0 Å². The first-order valence-electron chi connectivity index (χ1n) is 17.4. The molecule has 0 amide bonds. The predicted molar refractivity (Wildman–Crippen MR) is 213 cm³/mol. The van der Waals surface area contributed by atoms with Crippen LogP contribution in [0.25, 0.3) is 99.2 Å². The van der Waals surface area contributed by atoms with E-state index in [1.807, 2.05) is 6.07 Å². The molecular weight excluding hydrogens is 621 g/mol. The highest BCUT2D eigenvalue weighted by atomic mass is 16.3. The van der Waals surface area contributed by atoms with Gasteiger partial charge in [-0.25, -0.2) is 0 Å². The standard InChI is InChI=1S/C48H30N2O/c1-2-13-31(14-3-1)32-15-10-16-33(29-32)34-17-11-18-35(30-34)49-39-22-7-4-19-36(39)47-42(49)27-28-43-48(47)37-20-5-8-23-40(37)50(43)41-24-12-26-45-46(41)38-21-6-9-25-44(38)51-45/h1-30H. The van der Waals surface area contributed by atoms with Gasteiger partial charge in [-0.3, -0.25) is 0 Å². The van der Waals surface area contributed by atoms with Crippen molar-refractivity contribution in [3.8, 4) is 33.6 Å². The van der Waals surface area contributed by atoms with Crippen LogP contribution in [0.5, 0.6) is 0 Å². The molecule has 0 unspecified atom stereocenters. The molecule has 0 saturated heterocycles. The number of nitrogens with zero attached hydrogens (tertiary/aromatic N) is 2. The lowest BCUT2D eigenvalue weighted by Gasteiger charge is -2.12. The predicted octanol–water partition coefficient (Wildman–Crippen LogP) is 13.1. The molecule has 0 aliphatic carbocycles. The molecule has 0 atom stereocenters. The molecular formula is C48H30N2O. The number of furan rings is 1. The molecule has 0 bridgehead atoms. The Balaban J connectivity index is 1.18. The second-order valence-corrected chi connectivity index (χ2v) is 13.3. The van der Waals surface area contributed by atoms with Gasteiger partial charge in [-0.1, -0.05) is 121 Å². The van der Waals surface area contributed by atoms with E-state index in [1.54, 1.807) is 0 Å². The van der Waals surface area contributed by atoms with Gasteiger partial charge in [0, 0.05) is 32.6 Å². The smallest absolute Gasteiger partial charge is 0.137 e. The maximum atomic E-state index is 6.35. The van der Waals surface area contributed by atoms with Gasteiger partial charge in [0.25, 0.3) is 0 Å². The number of benzene rings is 8. The molecule has 3 heteroatoms. The van der Waals surface area contributed by atoms with E-state index in [-0.39, 0.29) is 0 Å². The van der Waals surface area contributed by atoms with Crippen molar-refractivity contribution in [1.29, 1.82) is 0 Å². The molecule has 3 heterocycles. The topological polar surface area (TPSA) is 23.0 Å². The summed E-state index contributed by atoms with van der Waals surface area (Å²) in [6, 6.07) is 65.4. The number of aromatic nitrogens is 2. The Labute approximate surface area is 293 Å². The fraction of sp³-hybridized carbons (Fsp3) is 0. The van der Waals surface area contributed by atoms with E-state index < -0.39 is 0 Å². The Morgan fingerprint density at radius 1 is 0.314 bits per heavy atom. The molecule has 0 fully saturated rings. The molecule has 0 radical (unpaired) electrons. The Bertz CT molecular complexity index is 3140. The lowest BCUT2D eigenvalue weighted by molar-refractivity contribution is 0.669. The maximum absolute atomic E-state index is 6.35. The number of para-hydroxylation sites is 3. The first kappa shape index (κ1) is 28.0. The fourth-order valence-electron chi connectivity index (χ4n) is 8.33. The summed E-state index contributed by atoms with van der Waals surface area (Å²) in [7, 11) is 0. The molecule has 0 aliphatic heterocycles. The molecule has 0 N–H and O–H groups in total. The molecule has 0 aliphatic rings. The average Bonchev–Trinajstić information content (AvgIpc) is 3.86. The van der Waals surface area contributed by atoms with Crippen LogP contribution in [0.1, 0.15) is 0 Å². The number of fused-ring (bicyclic) bond motifs is 10. The van der Waals surface area contributed by atoms with Crippen molar-refractivity contribution in [2.24, 2.45) is 0 Å². The quantitative estimate of drug-likeness (QED) is 0.186. The van der Waals surface area contributed by atoms with Crippen LogP contribution < -0.4 is 0 Å². The normalized spacial score (nSPS) is 11.9. The van der Waals surface area contributed by atoms with Crippen LogP contribution >= 0.6 is 0 Å². The summed E-state index contributed by atoms with van der Waals surface area (Å²) in [6.45, 7) is 0. The third-order valence-corrected chi connectivity index (χ3v) is 10.5. The first-order chi connectivity index (χ1) is 25.3. The summed E-state index contributed by atoms with van der Waals surface area (Å²) in [5, 5.41) is 7.25. The van der Waals surface area contributed by atoms with Gasteiger partial charge < -0.3 is 13.6 Å². The number of hydrogen-bond acceptors (Lipinski definition) is 1. The highest BCUT2D eigenvalue weighted by molar-refractivity contribution is 6.29. The molecule has 11 aromatic rings. The summed E-state index contributed by atoms with van der Waals surface area (Å²) >= 11 is 0. The van der Waals surface area contributed by atoms with Crippen molar-refractivity contribution < 1.29 is 4.42 Å². The third-order valence-electron chi connectivity index (χ3n) is 10.5. The highest BCUT2D eigenvalue weighted by Crippen LogP contribution is 2.44. The molecule has 0 saturated carbocycles. The van der Waals surface area contributed by atoms with Gasteiger partial charge in [0.1, 0.15) is 11.2 Å².